The molecule has 3 aromatic rings. The molecule has 0 aliphatic carbocycles. The molecule has 1 unspecified atom stereocenters. The molecular weight excluding hydrogens is 292 g/mol. The Bertz CT molecular complexity index is 834. The van der Waals surface area contributed by atoms with Crippen molar-refractivity contribution in [3.63, 3.8) is 0 Å². The summed E-state index contributed by atoms with van der Waals surface area (Å²) in [7, 11) is 0. The topological polar surface area (TPSA) is 20.2 Å². The molecule has 0 saturated heterocycles. The zero-order chi connectivity index (χ0) is 17.1. The smallest absolute Gasteiger partial charge is 0.127 e. The average molecular weight is 316 g/mol. The van der Waals surface area contributed by atoms with Crippen molar-refractivity contribution in [2.45, 2.75) is 33.1 Å². The molecule has 1 N–H and O–H groups in total. The van der Waals surface area contributed by atoms with Crippen LogP contribution < -0.4 is 0 Å². The van der Waals surface area contributed by atoms with Gasteiger partial charge in [-0.05, 0) is 41.7 Å². The first kappa shape index (κ1) is 16.3. The first-order chi connectivity index (χ1) is 11.6. The molecule has 0 saturated carbocycles. The molecular formula is C23H24O. The molecule has 0 aliphatic heterocycles. The first-order valence-corrected chi connectivity index (χ1v) is 8.58. The highest BCUT2D eigenvalue weighted by Gasteiger charge is 2.17. The van der Waals surface area contributed by atoms with Gasteiger partial charge in [-0.15, -0.1) is 0 Å². The Labute approximate surface area is 144 Å². The van der Waals surface area contributed by atoms with Crippen molar-refractivity contribution in [1.29, 1.82) is 0 Å². The summed E-state index contributed by atoms with van der Waals surface area (Å²) in [4.78, 5) is 0. The predicted octanol–water partition coefficient (Wildman–Crippen LogP) is 6.08. The van der Waals surface area contributed by atoms with E-state index in [0.29, 0.717) is 5.75 Å². The third-order valence-electron chi connectivity index (χ3n) is 4.70. The second kappa shape index (κ2) is 6.92. The summed E-state index contributed by atoms with van der Waals surface area (Å²) in [5.41, 5.74) is 6.65. The Balaban J connectivity index is 2.11. The van der Waals surface area contributed by atoms with Crippen LogP contribution in [0, 0.1) is 6.92 Å². The summed E-state index contributed by atoms with van der Waals surface area (Å²) in [6.07, 6.45) is 0.994. The summed E-state index contributed by atoms with van der Waals surface area (Å²) in [5, 5.41) is 11.0. The standard InChI is InChI=1S/C23H24O/c1-4-18-9-8-12-20(15-18)22-14-16(2)13-21(23(22)24)17(3)19-10-6-5-7-11-19/h5-15,17,24H,4H2,1-3H3. The van der Waals surface area contributed by atoms with Crippen LogP contribution in [0.25, 0.3) is 11.1 Å². The summed E-state index contributed by atoms with van der Waals surface area (Å²) in [6.45, 7) is 6.39. The third-order valence-corrected chi connectivity index (χ3v) is 4.70. The number of aromatic hydroxyl groups is 1. The fourth-order valence-electron chi connectivity index (χ4n) is 3.24. The van der Waals surface area contributed by atoms with E-state index in [4.69, 9.17) is 0 Å². The first-order valence-electron chi connectivity index (χ1n) is 8.58. The molecule has 1 atom stereocenters. The summed E-state index contributed by atoms with van der Waals surface area (Å²) < 4.78 is 0. The minimum atomic E-state index is 0.152. The fourth-order valence-corrected chi connectivity index (χ4v) is 3.24. The second-order valence-electron chi connectivity index (χ2n) is 6.44. The quantitative estimate of drug-likeness (QED) is 0.618. The van der Waals surface area contributed by atoms with E-state index in [9.17, 15) is 5.11 Å². The van der Waals surface area contributed by atoms with Crippen LogP contribution in [-0.4, -0.2) is 5.11 Å². The van der Waals surface area contributed by atoms with Crippen molar-refractivity contribution in [3.05, 3.63) is 89.0 Å². The van der Waals surface area contributed by atoms with E-state index in [0.717, 1.165) is 23.1 Å². The molecule has 1 nitrogen and oxygen atoms in total. The molecule has 24 heavy (non-hydrogen) atoms. The van der Waals surface area contributed by atoms with Crippen LogP contribution >= 0.6 is 0 Å². The van der Waals surface area contributed by atoms with Gasteiger partial charge in [0.2, 0.25) is 0 Å². The predicted molar refractivity (Wildman–Crippen MR) is 102 cm³/mol. The highest BCUT2D eigenvalue weighted by molar-refractivity contribution is 5.74. The molecule has 122 valence electrons. The maximum absolute atomic E-state index is 11.0. The Morgan fingerprint density at radius 1 is 0.917 bits per heavy atom. The van der Waals surface area contributed by atoms with Gasteiger partial charge < -0.3 is 5.11 Å². The molecule has 3 rings (SSSR count). The average Bonchev–Trinajstić information content (AvgIpc) is 2.63. The van der Waals surface area contributed by atoms with Gasteiger partial charge in [0.1, 0.15) is 5.75 Å². The zero-order valence-corrected chi connectivity index (χ0v) is 14.6. The number of phenolic OH excluding ortho intramolecular Hbond substituents is 1. The van der Waals surface area contributed by atoms with Crippen LogP contribution in [0.15, 0.2) is 66.7 Å². The van der Waals surface area contributed by atoms with Gasteiger partial charge in [0, 0.05) is 17.0 Å². The van der Waals surface area contributed by atoms with E-state index in [2.05, 4.69) is 69.3 Å². The second-order valence-corrected chi connectivity index (χ2v) is 6.44. The maximum atomic E-state index is 11.0. The van der Waals surface area contributed by atoms with Crippen molar-refractivity contribution >= 4 is 0 Å². The SMILES string of the molecule is CCc1cccc(-c2cc(C)cc(C(C)c3ccccc3)c2O)c1. The van der Waals surface area contributed by atoms with Gasteiger partial charge in [0.05, 0.1) is 0 Å². The van der Waals surface area contributed by atoms with E-state index >= 15 is 0 Å². The van der Waals surface area contributed by atoms with Crippen LogP contribution in [0.5, 0.6) is 5.75 Å². The Morgan fingerprint density at radius 2 is 1.67 bits per heavy atom. The number of benzene rings is 3. The lowest BCUT2D eigenvalue weighted by molar-refractivity contribution is 0.468. The van der Waals surface area contributed by atoms with Crippen molar-refractivity contribution in [3.8, 4) is 16.9 Å². The van der Waals surface area contributed by atoms with Crippen molar-refractivity contribution in [1.82, 2.24) is 0 Å². The van der Waals surface area contributed by atoms with Crippen molar-refractivity contribution in [2.24, 2.45) is 0 Å². The van der Waals surface area contributed by atoms with E-state index in [1.54, 1.807) is 0 Å². The van der Waals surface area contributed by atoms with Gasteiger partial charge in [-0.25, -0.2) is 0 Å². The van der Waals surface area contributed by atoms with Gasteiger partial charge >= 0.3 is 0 Å². The van der Waals surface area contributed by atoms with Gasteiger partial charge in [-0.1, -0.05) is 74.5 Å². The molecule has 0 aliphatic rings. The van der Waals surface area contributed by atoms with Gasteiger partial charge in [-0.2, -0.15) is 0 Å². The van der Waals surface area contributed by atoms with Crippen LogP contribution in [0.2, 0.25) is 0 Å². The third kappa shape index (κ3) is 3.21. The van der Waals surface area contributed by atoms with Crippen LogP contribution in [0.3, 0.4) is 0 Å². The number of aryl methyl sites for hydroxylation is 2. The lowest BCUT2D eigenvalue weighted by Crippen LogP contribution is -1.98. The number of hydrogen-bond acceptors (Lipinski definition) is 1. The van der Waals surface area contributed by atoms with Gasteiger partial charge in [0.25, 0.3) is 0 Å². The fraction of sp³-hybridized carbons (Fsp3) is 0.217. The minimum absolute atomic E-state index is 0.152. The molecule has 3 aromatic carbocycles. The lowest BCUT2D eigenvalue weighted by atomic mass is 9.88. The van der Waals surface area contributed by atoms with Crippen LogP contribution in [0.4, 0.5) is 0 Å². The Morgan fingerprint density at radius 3 is 2.38 bits per heavy atom. The number of phenols is 1. The van der Waals surface area contributed by atoms with Crippen molar-refractivity contribution in [2.75, 3.05) is 0 Å². The molecule has 1 heteroatoms. The number of rotatable bonds is 4. The molecule has 0 radical (unpaired) electrons. The van der Waals surface area contributed by atoms with Crippen LogP contribution in [0.1, 0.15) is 42.0 Å². The van der Waals surface area contributed by atoms with E-state index in [1.807, 2.05) is 18.2 Å². The van der Waals surface area contributed by atoms with E-state index < -0.39 is 0 Å². The molecule has 0 spiro atoms. The normalized spacial score (nSPS) is 12.1. The summed E-state index contributed by atoms with van der Waals surface area (Å²) in [6, 6.07) is 23.0. The lowest BCUT2D eigenvalue weighted by Gasteiger charge is -2.18. The highest BCUT2D eigenvalue weighted by atomic mass is 16.3. The zero-order valence-electron chi connectivity index (χ0n) is 14.6. The molecule has 0 heterocycles. The molecule has 0 amide bonds. The summed E-state index contributed by atoms with van der Waals surface area (Å²) in [5.74, 6) is 0.546. The number of hydrogen-bond donors (Lipinski definition) is 1. The monoisotopic (exact) mass is 316 g/mol. The van der Waals surface area contributed by atoms with E-state index in [-0.39, 0.29) is 5.92 Å². The van der Waals surface area contributed by atoms with Crippen LogP contribution in [-0.2, 0) is 6.42 Å². The molecule has 0 bridgehead atoms. The Hall–Kier alpha value is -2.54. The van der Waals surface area contributed by atoms with Crippen molar-refractivity contribution < 1.29 is 5.11 Å². The maximum Gasteiger partial charge on any atom is 0.127 e. The van der Waals surface area contributed by atoms with E-state index in [1.165, 1.54) is 16.7 Å². The molecule has 0 fully saturated rings. The highest BCUT2D eigenvalue weighted by Crippen LogP contribution is 2.39. The Kier molecular flexibility index (Phi) is 4.71. The van der Waals surface area contributed by atoms with Gasteiger partial charge in [0.15, 0.2) is 0 Å². The largest absolute Gasteiger partial charge is 0.507 e. The molecule has 0 aromatic heterocycles. The van der Waals surface area contributed by atoms with Gasteiger partial charge in [-0.3, -0.25) is 0 Å². The summed E-state index contributed by atoms with van der Waals surface area (Å²) >= 11 is 0. The minimum Gasteiger partial charge on any atom is -0.507 e.